The van der Waals surface area contributed by atoms with Gasteiger partial charge in [0.1, 0.15) is 29.6 Å². The van der Waals surface area contributed by atoms with Gasteiger partial charge in [0.2, 0.25) is 5.78 Å². The number of ketones is 1. The van der Waals surface area contributed by atoms with Crippen LogP contribution in [0.3, 0.4) is 0 Å². The summed E-state index contributed by atoms with van der Waals surface area (Å²) in [7, 11) is 3.10. The highest BCUT2D eigenvalue weighted by molar-refractivity contribution is 6.14. The lowest BCUT2D eigenvalue weighted by Gasteiger charge is -2.08. The van der Waals surface area contributed by atoms with Crippen LogP contribution in [-0.2, 0) is 9.53 Å². The van der Waals surface area contributed by atoms with Crippen molar-refractivity contribution in [1.29, 1.82) is 0 Å². The van der Waals surface area contributed by atoms with E-state index in [0.29, 0.717) is 34.1 Å². The van der Waals surface area contributed by atoms with Gasteiger partial charge in [0.25, 0.3) is 0 Å². The van der Waals surface area contributed by atoms with Gasteiger partial charge in [-0.25, -0.2) is 4.79 Å². The molecule has 0 aromatic heterocycles. The van der Waals surface area contributed by atoms with Gasteiger partial charge in [0, 0.05) is 17.7 Å². The number of carbonyl (C=O) groups is 2. The molecular weight excluding hydrogens is 376 g/mol. The van der Waals surface area contributed by atoms with Gasteiger partial charge >= 0.3 is 5.97 Å². The number of ether oxygens (including phenoxy) is 5. The molecule has 0 N–H and O–H groups in total. The van der Waals surface area contributed by atoms with Gasteiger partial charge in [-0.1, -0.05) is 12.7 Å². The van der Waals surface area contributed by atoms with Crippen LogP contribution < -0.4 is 18.9 Å². The minimum absolute atomic E-state index is 0.118. The number of methoxy groups -OCH3 is 2. The number of Topliss-reactive ketones (excluding diaryl/α,β-unsaturated/α-hetero) is 1. The van der Waals surface area contributed by atoms with Crippen LogP contribution in [0.15, 0.2) is 54.8 Å². The van der Waals surface area contributed by atoms with E-state index in [-0.39, 0.29) is 24.8 Å². The monoisotopic (exact) mass is 396 g/mol. The van der Waals surface area contributed by atoms with Crippen LogP contribution in [-0.4, -0.2) is 39.2 Å². The maximum Gasteiger partial charge on any atom is 0.344 e. The lowest BCUT2D eigenvalue weighted by atomic mass is 10.1. The van der Waals surface area contributed by atoms with Crippen molar-refractivity contribution in [2.24, 2.45) is 0 Å². The number of carbonyl (C=O) groups excluding carboxylic acids is 2. The third-order valence-corrected chi connectivity index (χ3v) is 4.09. The number of hydrogen-bond acceptors (Lipinski definition) is 7. The molecule has 1 heterocycles. The Kier molecular flexibility index (Phi) is 6.19. The number of fused-ring (bicyclic) bond motifs is 1. The summed E-state index contributed by atoms with van der Waals surface area (Å²) in [6.45, 7) is 3.33. The van der Waals surface area contributed by atoms with E-state index < -0.39 is 5.97 Å². The summed E-state index contributed by atoms with van der Waals surface area (Å²) in [5.41, 5.74) is 1.08. The summed E-state index contributed by atoms with van der Waals surface area (Å²) < 4.78 is 26.5. The maximum atomic E-state index is 12.6. The lowest BCUT2D eigenvalue weighted by molar-refractivity contribution is -0.144. The summed E-state index contributed by atoms with van der Waals surface area (Å²) in [6.07, 6.45) is 3.08. The molecule has 1 aliphatic heterocycles. The van der Waals surface area contributed by atoms with Crippen LogP contribution in [0.4, 0.5) is 0 Å². The van der Waals surface area contributed by atoms with Crippen molar-refractivity contribution in [3.05, 3.63) is 65.9 Å². The van der Waals surface area contributed by atoms with Gasteiger partial charge in [-0.15, -0.1) is 0 Å². The SMILES string of the molecule is C=CCOC(=O)COc1ccc2c(c1)O/C(=C/c1ccc(OC)cc1OC)C2=O. The van der Waals surface area contributed by atoms with Gasteiger partial charge in [-0.3, -0.25) is 4.79 Å². The molecule has 0 saturated heterocycles. The third-order valence-electron chi connectivity index (χ3n) is 4.09. The molecule has 0 amide bonds. The average molecular weight is 396 g/mol. The first kappa shape index (κ1) is 20.0. The summed E-state index contributed by atoms with van der Waals surface area (Å²) in [6, 6.07) is 10.00. The molecule has 7 heteroatoms. The van der Waals surface area contributed by atoms with Crippen LogP contribution in [0.25, 0.3) is 6.08 Å². The van der Waals surface area contributed by atoms with E-state index in [1.165, 1.54) is 13.2 Å². The Morgan fingerprint density at radius 2 is 1.90 bits per heavy atom. The Labute approximate surface area is 168 Å². The number of benzene rings is 2. The molecule has 3 rings (SSSR count). The molecule has 0 bridgehead atoms. The van der Waals surface area contributed by atoms with E-state index in [1.807, 2.05) is 0 Å². The fourth-order valence-corrected chi connectivity index (χ4v) is 2.67. The van der Waals surface area contributed by atoms with Crippen molar-refractivity contribution in [1.82, 2.24) is 0 Å². The molecule has 2 aromatic rings. The normalized spacial score (nSPS) is 13.4. The van der Waals surface area contributed by atoms with Gasteiger partial charge in [0.15, 0.2) is 12.4 Å². The van der Waals surface area contributed by atoms with Crippen LogP contribution >= 0.6 is 0 Å². The molecule has 0 fully saturated rings. The molecule has 0 radical (unpaired) electrons. The zero-order valence-electron chi connectivity index (χ0n) is 16.1. The van der Waals surface area contributed by atoms with Gasteiger partial charge in [-0.05, 0) is 30.3 Å². The van der Waals surface area contributed by atoms with Crippen molar-refractivity contribution in [2.75, 3.05) is 27.4 Å². The standard InChI is InChI=1S/C22H20O7/c1-4-9-27-21(23)13-28-16-7-8-17-19(12-16)29-20(22(17)24)10-14-5-6-15(25-2)11-18(14)26-3/h4-8,10-12H,1,9,13H2,2-3H3/b20-10+. The Morgan fingerprint density at radius 1 is 1.10 bits per heavy atom. The summed E-state index contributed by atoms with van der Waals surface area (Å²) >= 11 is 0. The average Bonchev–Trinajstić information content (AvgIpc) is 3.05. The minimum atomic E-state index is -0.519. The highest BCUT2D eigenvalue weighted by Gasteiger charge is 2.28. The van der Waals surface area contributed by atoms with E-state index in [1.54, 1.807) is 49.6 Å². The predicted molar refractivity (Wildman–Crippen MR) is 106 cm³/mol. The first-order valence-corrected chi connectivity index (χ1v) is 8.75. The fourth-order valence-electron chi connectivity index (χ4n) is 2.67. The van der Waals surface area contributed by atoms with E-state index in [2.05, 4.69) is 6.58 Å². The van der Waals surface area contributed by atoms with Gasteiger partial charge in [-0.2, -0.15) is 0 Å². The van der Waals surface area contributed by atoms with E-state index in [4.69, 9.17) is 23.7 Å². The highest BCUT2D eigenvalue weighted by atomic mass is 16.6. The molecule has 2 aromatic carbocycles. The van der Waals surface area contributed by atoms with Crippen molar-refractivity contribution < 1.29 is 33.3 Å². The number of rotatable bonds is 8. The van der Waals surface area contributed by atoms with E-state index in [0.717, 1.165) is 0 Å². The third kappa shape index (κ3) is 4.57. The molecule has 0 atom stereocenters. The first-order chi connectivity index (χ1) is 14.0. The molecular formula is C22H20O7. The minimum Gasteiger partial charge on any atom is -0.497 e. The summed E-state index contributed by atoms with van der Waals surface area (Å²) in [5.74, 6) is 1.31. The molecule has 0 unspecified atom stereocenters. The Morgan fingerprint density at radius 3 is 2.62 bits per heavy atom. The second kappa shape index (κ2) is 8.97. The van der Waals surface area contributed by atoms with Gasteiger partial charge < -0.3 is 23.7 Å². The highest BCUT2D eigenvalue weighted by Crippen LogP contribution is 2.36. The van der Waals surface area contributed by atoms with Crippen molar-refractivity contribution in [3.63, 3.8) is 0 Å². The van der Waals surface area contributed by atoms with E-state index >= 15 is 0 Å². The van der Waals surface area contributed by atoms with Crippen LogP contribution in [0.2, 0.25) is 0 Å². The topological polar surface area (TPSA) is 80.3 Å². The second-order valence-electron chi connectivity index (χ2n) is 5.97. The van der Waals surface area contributed by atoms with Crippen LogP contribution in [0, 0.1) is 0 Å². The van der Waals surface area contributed by atoms with Crippen molar-refractivity contribution in [2.45, 2.75) is 0 Å². The van der Waals surface area contributed by atoms with Gasteiger partial charge in [0.05, 0.1) is 19.8 Å². The fraction of sp³-hybridized carbons (Fsp3) is 0.182. The number of allylic oxidation sites excluding steroid dienone is 1. The largest absolute Gasteiger partial charge is 0.497 e. The zero-order chi connectivity index (χ0) is 20.8. The first-order valence-electron chi connectivity index (χ1n) is 8.75. The zero-order valence-corrected chi connectivity index (χ0v) is 16.1. The Balaban J connectivity index is 1.76. The molecule has 0 aliphatic carbocycles. The Bertz CT molecular complexity index is 975. The number of esters is 1. The lowest BCUT2D eigenvalue weighted by Crippen LogP contribution is -2.14. The van der Waals surface area contributed by atoms with Crippen molar-refractivity contribution in [3.8, 4) is 23.0 Å². The van der Waals surface area contributed by atoms with Crippen molar-refractivity contribution >= 4 is 17.8 Å². The van der Waals surface area contributed by atoms with Crippen LogP contribution in [0.1, 0.15) is 15.9 Å². The second-order valence-corrected chi connectivity index (χ2v) is 5.97. The summed E-state index contributed by atoms with van der Waals surface area (Å²) in [4.78, 5) is 24.1. The number of hydrogen-bond donors (Lipinski definition) is 0. The molecule has 29 heavy (non-hydrogen) atoms. The smallest absolute Gasteiger partial charge is 0.344 e. The molecule has 7 nitrogen and oxygen atoms in total. The quantitative estimate of drug-likeness (QED) is 0.384. The summed E-state index contributed by atoms with van der Waals surface area (Å²) in [5, 5.41) is 0. The predicted octanol–water partition coefficient (Wildman–Crippen LogP) is 3.43. The molecule has 0 spiro atoms. The van der Waals surface area contributed by atoms with E-state index in [9.17, 15) is 9.59 Å². The molecule has 1 aliphatic rings. The molecule has 0 saturated carbocycles. The maximum absolute atomic E-state index is 12.6. The Hall–Kier alpha value is -3.74. The molecule has 150 valence electrons. The van der Waals surface area contributed by atoms with Crippen LogP contribution in [0.5, 0.6) is 23.0 Å².